The van der Waals surface area contributed by atoms with E-state index in [1.54, 1.807) is 54.3 Å². The molecule has 4 amide bonds. The highest BCUT2D eigenvalue weighted by Gasteiger charge is 2.39. The van der Waals surface area contributed by atoms with Crippen molar-refractivity contribution in [3.8, 4) is 33.1 Å². The van der Waals surface area contributed by atoms with Crippen molar-refractivity contribution in [3.63, 3.8) is 0 Å². The number of thiazole rings is 1. The number of likely N-dealkylation sites (tertiary alicyclic amines) is 2. The first kappa shape index (κ1) is 43.1. The molecule has 16 heteroatoms. The highest BCUT2D eigenvalue weighted by atomic mass is 32.1. The third-order valence-corrected chi connectivity index (χ3v) is 12.5. The maximum absolute atomic E-state index is 14.2. The van der Waals surface area contributed by atoms with E-state index in [2.05, 4.69) is 31.7 Å². The molecule has 8 rings (SSSR count). The average molecular weight is 872 g/mol. The van der Waals surface area contributed by atoms with Gasteiger partial charge in [-0.15, -0.1) is 11.3 Å². The smallest absolute Gasteiger partial charge is 0.408 e. The molecule has 4 atom stereocenters. The van der Waals surface area contributed by atoms with Crippen molar-refractivity contribution in [1.82, 2.24) is 45.4 Å². The number of carbonyl (C=O) groups is 4. The minimum atomic E-state index is -0.914. The monoisotopic (exact) mass is 871 g/mol. The lowest BCUT2D eigenvalue weighted by Gasteiger charge is -2.30. The van der Waals surface area contributed by atoms with Crippen molar-refractivity contribution >= 4 is 45.6 Å². The zero-order valence-corrected chi connectivity index (χ0v) is 37.1. The Morgan fingerprint density at radius 2 is 1.35 bits per heavy atom. The quantitative estimate of drug-likeness (QED) is 0.0988. The van der Waals surface area contributed by atoms with Gasteiger partial charge >= 0.3 is 12.2 Å². The van der Waals surface area contributed by atoms with E-state index < -0.39 is 29.9 Å². The fraction of sp³-hybridized carbons (Fsp3) is 0.383. The van der Waals surface area contributed by atoms with Crippen LogP contribution in [0.4, 0.5) is 9.59 Å². The second kappa shape index (κ2) is 18.0. The minimum Gasteiger partial charge on any atom is -0.453 e. The highest BCUT2D eigenvalue weighted by Crippen LogP contribution is 2.37. The molecule has 328 valence electrons. The second-order valence-corrected chi connectivity index (χ2v) is 18.4. The van der Waals surface area contributed by atoms with Crippen LogP contribution in [0.5, 0.6) is 0 Å². The van der Waals surface area contributed by atoms with Gasteiger partial charge in [0.25, 0.3) is 5.91 Å². The fourth-order valence-corrected chi connectivity index (χ4v) is 9.36. The Labute approximate surface area is 370 Å². The van der Waals surface area contributed by atoms with E-state index in [0.717, 1.165) is 69.0 Å². The summed E-state index contributed by atoms with van der Waals surface area (Å²) in [6.45, 7) is 10.3. The molecule has 0 aliphatic carbocycles. The minimum absolute atomic E-state index is 0.114. The van der Waals surface area contributed by atoms with Crippen LogP contribution in [0.15, 0.2) is 85.2 Å². The average Bonchev–Trinajstić information content (AvgIpc) is 4.13. The first-order valence-corrected chi connectivity index (χ1v) is 22.2. The molecule has 3 aromatic carbocycles. The standard InChI is InChI=1S/C47H53N9O6S/c1-27(2)38(53-45(59)61-6)43(57)55-22-10-14-35(55)40-48-25-33(50-40)28-16-18-30(19-17-28)42-52-32-21-20-31(24-37(32)63-42)34-26-49-41(51-34)36-15-11-23-56(36)44(58)39(29-12-8-7-9-13-29)54-46(60)62-47(3,4)5/h7-9,12-13,16-21,24-27,35-36,38-39H,10-11,14-15,22-23H2,1-6H3,(H,48,50)(H,49,51)(H,53,59)(H,54,60)/t35-,36-,38-,39+/m0/s1. The third-order valence-electron chi connectivity index (χ3n) is 11.5. The van der Waals surface area contributed by atoms with Gasteiger partial charge in [-0.1, -0.05) is 74.5 Å². The zero-order chi connectivity index (χ0) is 44.4. The van der Waals surface area contributed by atoms with E-state index in [0.29, 0.717) is 30.3 Å². The number of benzene rings is 3. The summed E-state index contributed by atoms with van der Waals surface area (Å²) in [5.74, 6) is 0.926. The number of amides is 4. The van der Waals surface area contributed by atoms with Crippen LogP contribution >= 0.6 is 11.3 Å². The van der Waals surface area contributed by atoms with Crippen molar-refractivity contribution < 1.29 is 28.7 Å². The number of hydrogen-bond acceptors (Lipinski definition) is 10. The Hall–Kier alpha value is -6.55. The van der Waals surface area contributed by atoms with Gasteiger partial charge in [0.2, 0.25) is 5.91 Å². The molecule has 0 spiro atoms. The molecule has 2 aliphatic heterocycles. The zero-order valence-electron chi connectivity index (χ0n) is 36.3. The number of fused-ring (bicyclic) bond motifs is 1. The maximum atomic E-state index is 14.2. The number of carbonyl (C=O) groups excluding carboxylic acids is 4. The molecule has 2 saturated heterocycles. The number of aromatic amines is 2. The Balaban J connectivity index is 0.950. The molecule has 4 N–H and O–H groups in total. The SMILES string of the molecule is COC(=O)N[C@H](C(=O)N1CCC[C@H]1c1ncc(-c2ccc(-c3nc4ccc(-c5cnc([C@@H]6CCCN6C(=O)[C@H](NC(=O)OC(C)(C)C)c6ccccc6)[nH]5)cc4s3)cc2)[nH]1)C(C)C. The molecular formula is C47H53N9O6S. The van der Waals surface area contributed by atoms with E-state index in [9.17, 15) is 19.2 Å². The summed E-state index contributed by atoms with van der Waals surface area (Å²) in [5.41, 5.74) is 5.41. The number of imidazole rings is 2. The maximum Gasteiger partial charge on any atom is 0.408 e. The summed E-state index contributed by atoms with van der Waals surface area (Å²) in [7, 11) is 1.29. The molecule has 6 aromatic rings. The van der Waals surface area contributed by atoms with Gasteiger partial charge in [-0.2, -0.15) is 0 Å². The first-order valence-electron chi connectivity index (χ1n) is 21.4. The number of rotatable bonds is 11. The highest BCUT2D eigenvalue weighted by molar-refractivity contribution is 7.21. The number of aromatic nitrogens is 5. The van der Waals surface area contributed by atoms with Gasteiger partial charge in [0.05, 0.1) is 53.2 Å². The van der Waals surface area contributed by atoms with Crippen LogP contribution in [0.25, 0.3) is 43.3 Å². The largest absolute Gasteiger partial charge is 0.453 e. The molecule has 0 unspecified atom stereocenters. The third kappa shape index (κ3) is 9.45. The van der Waals surface area contributed by atoms with E-state index in [1.165, 1.54) is 7.11 Å². The Morgan fingerprint density at radius 1 is 0.762 bits per heavy atom. The molecule has 5 heterocycles. The van der Waals surface area contributed by atoms with Crippen molar-refractivity contribution in [2.24, 2.45) is 5.92 Å². The second-order valence-electron chi connectivity index (χ2n) is 17.4. The van der Waals surface area contributed by atoms with Crippen LogP contribution in [0.3, 0.4) is 0 Å². The van der Waals surface area contributed by atoms with Gasteiger partial charge in [0.15, 0.2) is 0 Å². The summed E-state index contributed by atoms with van der Waals surface area (Å²) in [6, 6.07) is 21.4. The summed E-state index contributed by atoms with van der Waals surface area (Å²) >= 11 is 1.60. The van der Waals surface area contributed by atoms with Crippen LogP contribution in [0, 0.1) is 5.92 Å². The van der Waals surface area contributed by atoms with Gasteiger partial charge in [-0.05, 0) is 75.6 Å². The number of nitrogens with zero attached hydrogens (tertiary/aromatic N) is 5. The van der Waals surface area contributed by atoms with Crippen molar-refractivity contribution in [2.45, 2.75) is 90.1 Å². The lowest BCUT2D eigenvalue weighted by molar-refractivity contribution is -0.136. The molecule has 0 bridgehead atoms. The Morgan fingerprint density at radius 3 is 1.95 bits per heavy atom. The van der Waals surface area contributed by atoms with Crippen LogP contribution in [0.2, 0.25) is 0 Å². The molecule has 2 fully saturated rings. The summed E-state index contributed by atoms with van der Waals surface area (Å²) in [6.07, 6.45) is 5.47. The van der Waals surface area contributed by atoms with Crippen molar-refractivity contribution in [2.75, 3.05) is 20.2 Å². The lowest BCUT2D eigenvalue weighted by atomic mass is 10.0. The van der Waals surface area contributed by atoms with Crippen LogP contribution in [0.1, 0.15) is 95.6 Å². The predicted molar refractivity (Wildman–Crippen MR) is 240 cm³/mol. The fourth-order valence-electron chi connectivity index (χ4n) is 8.35. The molecule has 2 aliphatic rings. The molecular weight excluding hydrogens is 819 g/mol. The predicted octanol–water partition coefficient (Wildman–Crippen LogP) is 8.72. The van der Waals surface area contributed by atoms with Gasteiger partial charge in [0.1, 0.15) is 34.3 Å². The Kier molecular flexibility index (Phi) is 12.3. The van der Waals surface area contributed by atoms with E-state index in [1.807, 2.05) is 80.6 Å². The molecule has 63 heavy (non-hydrogen) atoms. The van der Waals surface area contributed by atoms with Crippen LogP contribution < -0.4 is 10.6 Å². The number of hydrogen-bond donors (Lipinski definition) is 4. The number of ether oxygens (including phenoxy) is 2. The van der Waals surface area contributed by atoms with Gasteiger partial charge in [0, 0.05) is 24.2 Å². The van der Waals surface area contributed by atoms with Gasteiger partial charge < -0.3 is 39.9 Å². The number of nitrogens with one attached hydrogen (secondary N) is 4. The number of H-pyrrole nitrogens is 2. The van der Waals surface area contributed by atoms with Crippen molar-refractivity contribution in [1.29, 1.82) is 0 Å². The first-order chi connectivity index (χ1) is 30.3. The van der Waals surface area contributed by atoms with Crippen LogP contribution in [-0.2, 0) is 19.1 Å². The lowest BCUT2D eigenvalue weighted by Crippen LogP contribution is -2.51. The molecule has 0 radical (unpaired) electrons. The number of methoxy groups -OCH3 is 1. The van der Waals surface area contributed by atoms with E-state index >= 15 is 0 Å². The van der Waals surface area contributed by atoms with Crippen LogP contribution in [-0.4, -0.2) is 90.6 Å². The molecule has 3 aromatic heterocycles. The van der Waals surface area contributed by atoms with Crippen molar-refractivity contribution in [3.05, 3.63) is 102 Å². The Bertz CT molecular complexity index is 2600. The topological polar surface area (TPSA) is 188 Å². The van der Waals surface area contributed by atoms with Gasteiger partial charge in [-0.3, -0.25) is 9.59 Å². The summed E-state index contributed by atoms with van der Waals surface area (Å²) in [4.78, 5) is 77.6. The molecule has 0 saturated carbocycles. The summed E-state index contributed by atoms with van der Waals surface area (Å²) < 4.78 is 11.3. The molecule has 15 nitrogen and oxygen atoms in total. The van der Waals surface area contributed by atoms with Gasteiger partial charge in [-0.25, -0.2) is 24.5 Å². The summed E-state index contributed by atoms with van der Waals surface area (Å²) in [5, 5.41) is 6.41. The van der Waals surface area contributed by atoms with E-state index in [-0.39, 0.29) is 29.8 Å². The normalized spacial score (nSPS) is 17.5. The number of alkyl carbamates (subject to hydrolysis) is 2. The van der Waals surface area contributed by atoms with E-state index in [4.69, 9.17) is 19.4 Å².